The van der Waals surface area contributed by atoms with Crippen molar-refractivity contribution in [1.82, 2.24) is 0 Å². The highest BCUT2D eigenvalue weighted by Gasteiger charge is 2.16. The SMILES string of the molecule is CC(C)C[C@@H](N)c1cc([N+](=O)[O-])ccc1Cl. The zero-order valence-electron chi connectivity index (χ0n) is 9.31. The summed E-state index contributed by atoms with van der Waals surface area (Å²) in [5.41, 5.74) is 6.63. The summed E-state index contributed by atoms with van der Waals surface area (Å²) in [6.45, 7) is 4.09. The second-order valence-electron chi connectivity index (χ2n) is 4.20. The van der Waals surface area contributed by atoms with Gasteiger partial charge in [0.2, 0.25) is 0 Å². The van der Waals surface area contributed by atoms with Crippen LogP contribution in [0, 0.1) is 16.0 Å². The molecule has 2 N–H and O–H groups in total. The summed E-state index contributed by atoms with van der Waals surface area (Å²) in [7, 11) is 0. The summed E-state index contributed by atoms with van der Waals surface area (Å²) >= 11 is 5.98. The lowest BCUT2D eigenvalue weighted by Crippen LogP contribution is -2.13. The van der Waals surface area contributed by atoms with Crippen molar-refractivity contribution >= 4 is 17.3 Å². The summed E-state index contributed by atoms with van der Waals surface area (Å²) in [5.74, 6) is 0.422. The summed E-state index contributed by atoms with van der Waals surface area (Å²) in [6.07, 6.45) is 0.751. The van der Waals surface area contributed by atoms with E-state index in [4.69, 9.17) is 17.3 Å². The van der Waals surface area contributed by atoms with Crippen molar-refractivity contribution in [2.45, 2.75) is 26.3 Å². The molecule has 88 valence electrons. The quantitative estimate of drug-likeness (QED) is 0.651. The van der Waals surface area contributed by atoms with Crippen molar-refractivity contribution in [2.75, 3.05) is 0 Å². The molecule has 0 heterocycles. The molecule has 16 heavy (non-hydrogen) atoms. The van der Waals surface area contributed by atoms with Crippen LogP contribution in [0.15, 0.2) is 18.2 Å². The highest BCUT2D eigenvalue weighted by Crippen LogP contribution is 2.29. The molecule has 0 spiro atoms. The Morgan fingerprint density at radius 1 is 1.50 bits per heavy atom. The minimum absolute atomic E-state index is 0.0265. The molecule has 0 aliphatic heterocycles. The maximum atomic E-state index is 10.6. The standard InChI is InChI=1S/C11H15ClN2O2/c1-7(2)5-11(13)9-6-8(14(15)16)3-4-10(9)12/h3-4,6-7,11H,5,13H2,1-2H3/t11-/m1/s1. The average Bonchev–Trinajstić information content (AvgIpc) is 2.16. The van der Waals surface area contributed by atoms with Crippen molar-refractivity contribution in [2.24, 2.45) is 11.7 Å². The number of benzene rings is 1. The van der Waals surface area contributed by atoms with E-state index < -0.39 is 4.92 Å². The fourth-order valence-corrected chi connectivity index (χ4v) is 1.82. The first-order chi connectivity index (χ1) is 7.41. The molecular weight excluding hydrogens is 228 g/mol. The molecule has 0 radical (unpaired) electrons. The van der Waals surface area contributed by atoms with E-state index in [1.807, 2.05) is 13.8 Å². The zero-order valence-corrected chi connectivity index (χ0v) is 10.1. The summed E-state index contributed by atoms with van der Waals surface area (Å²) in [4.78, 5) is 10.2. The lowest BCUT2D eigenvalue weighted by atomic mass is 9.97. The summed E-state index contributed by atoms with van der Waals surface area (Å²) in [5, 5.41) is 11.1. The van der Waals surface area contributed by atoms with E-state index in [1.165, 1.54) is 18.2 Å². The van der Waals surface area contributed by atoms with Gasteiger partial charge in [0.1, 0.15) is 0 Å². The molecule has 0 fully saturated rings. The van der Waals surface area contributed by atoms with Gasteiger partial charge in [-0.05, 0) is 24.0 Å². The zero-order chi connectivity index (χ0) is 12.3. The summed E-state index contributed by atoms with van der Waals surface area (Å²) in [6, 6.07) is 4.10. The number of halogens is 1. The van der Waals surface area contributed by atoms with E-state index in [-0.39, 0.29) is 11.7 Å². The number of rotatable bonds is 4. The highest BCUT2D eigenvalue weighted by atomic mass is 35.5. The highest BCUT2D eigenvalue weighted by molar-refractivity contribution is 6.31. The molecule has 4 nitrogen and oxygen atoms in total. The van der Waals surface area contributed by atoms with Crippen LogP contribution in [0.3, 0.4) is 0 Å². The van der Waals surface area contributed by atoms with E-state index in [0.29, 0.717) is 16.5 Å². The molecule has 0 aliphatic carbocycles. The van der Waals surface area contributed by atoms with Crippen LogP contribution in [0.2, 0.25) is 5.02 Å². The minimum atomic E-state index is -0.443. The lowest BCUT2D eigenvalue weighted by molar-refractivity contribution is -0.384. The third kappa shape index (κ3) is 3.18. The Labute approximate surface area is 99.6 Å². The average molecular weight is 243 g/mol. The van der Waals surface area contributed by atoms with Crippen LogP contribution in [0.5, 0.6) is 0 Å². The Morgan fingerprint density at radius 3 is 2.62 bits per heavy atom. The Kier molecular flexibility index (Phi) is 4.26. The third-order valence-electron chi connectivity index (χ3n) is 2.32. The molecule has 1 aromatic rings. The molecule has 5 heteroatoms. The van der Waals surface area contributed by atoms with E-state index in [2.05, 4.69) is 0 Å². The fraction of sp³-hybridized carbons (Fsp3) is 0.455. The smallest absolute Gasteiger partial charge is 0.269 e. The van der Waals surface area contributed by atoms with Crippen LogP contribution in [-0.4, -0.2) is 4.92 Å². The van der Waals surface area contributed by atoms with E-state index >= 15 is 0 Å². The molecule has 0 saturated carbocycles. The van der Waals surface area contributed by atoms with Gasteiger partial charge in [-0.15, -0.1) is 0 Å². The first-order valence-electron chi connectivity index (χ1n) is 5.11. The van der Waals surface area contributed by atoms with Gasteiger partial charge in [0.05, 0.1) is 4.92 Å². The molecule has 0 amide bonds. The van der Waals surface area contributed by atoms with Crippen LogP contribution in [0.4, 0.5) is 5.69 Å². The van der Waals surface area contributed by atoms with Gasteiger partial charge in [-0.1, -0.05) is 25.4 Å². The van der Waals surface area contributed by atoms with Gasteiger partial charge in [0, 0.05) is 23.2 Å². The van der Waals surface area contributed by atoms with Gasteiger partial charge >= 0.3 is 0 Å². The van der Waals surface area contributed by atoms with Crippen molar-refractivity contribution in [3.05, 3.63) is 38.9 Å². The van der Waals surface area contributed by atoms with E-state index in [0.717, 1.165) is 6.42 Å². The van der Waals surface area contributed by atoms with Gasteiger partial charge in [-0.25, -0.2) is 0 Å². The van der Waals surface area contributed by atoms with Crippen molar-refractivity contribution in [3.8, 4) is 0 Å². The Morgan fingerprint density at radius 2 is 2.12 bits per heavy atom. The fourth-order valence-electron chi connectivity index (χ4n) is 1.56. The Bertz CT molecular complexity index is 394. The number of nitrogens with two attached hydrogens (primary N) is 1. The van der Waals surface area contributed by atoms with Gasteiger partial charge in [0.15, 0.2) is 0 Å². The first-order valence-corrected chi connectivity index (χ1v) is 5.49. The largest absolute Gasteiger partial charge is 0.324 e. The van der Waals surface area contributed by atoms with Crippen molar-refractivity contribution in [1.29, 1.82) is 0 Å². The maximum Gasteiger partial charge on any atom is 0.269 e. The second-order valence-corrected chi connectivity index (χ2v) is 4.61. The molecule has 1 atom stereocenters. The van der Waals surface area contributed by atoms with Crippen molar-refractivity contribution in [3.63, 3.8) is 0 Å². The predicted octanol–water partition coefficient (Wildman–Crippen LogP) is 3.29. The number of nitrogens with zero attached hydrogens (tertiary/aromatic N) is 1. The number of hydrogen-bond donors (Lipinski definition) is 1. The molecule has 0 aromatic heterocycles. The van der Waals surface area contributed by atoms with Gasteiger partial charge < -0.3 is 5.73 Å². The van der Waals surface area contributed by atoms with Crippen LogP contribution in [-0.2, 0) is 0 Å². The molecular formula is C11H15ClN2O2. The number of nitro groups is 1. The third-order valence-corrected chi connectivity index (χ3v) is 2.66. The normalized spacial score (nSPS) is 12.8. The molecule has 0 aliphatic rings. The van der Waals surface area contributed by atoms with Crippen LogP contribution in [0.25, 0.3) is 0 Å². The Hall–Kier alpha value is -1.13. The topological polar surface area (TPSA) is 69.2 Å². The summed E-state index contributed by atoms with van der Waals surface area (Å²) < 4.78 is 0. The molecule has 0 bridgehead atoms. The van der Waals surface area contributed by atoms with Crippen LogP contribution in [0.1, 0.15) is 31.9 Å². The van der Waals surface area contributed by atoms with Crippen molar-refractivity contribution < 1.29 is 4.92 Å². The van der Waals surface area contributed by atoms with Gasteiger partial charge in [-0.2, -0.15) is 0 Å². The van der Waals surface area contributed by atoms with E-state index in [9.17, 15) is 10.1 Å². The molecule has 1 rings (SSSR count). The monoisotopic (exact) mass is 242 g/mol. The number of non-ortho nitro benzene ring substituents is 1. The number of hydrogen-bond acceptors (Lipinski definition) is 3. The minimum Gasteiger partial charge on any atom is -0.324 e. The molecule has 1 aromatic carbocycles. The lowest BCUT2D eigenvalue weighted by Gasteiger charge is -2.15. The van der Waals surface area contributed by atoms with Gasteiger partial charge in [0.25, 0.3) is 5.69 Å². The van der Waals surface area contributed by atoms with E-state index in [1.54, 1.807) is 0 Å². The van der Waals surface area contributed by atoms with Crippen LogP contribution >= 0.6 is 11.6 Å². The Balaban J connectivity index is 3.02. The predicted molar refractivity (Wildman–Crippen MR) is 64.5 cm³/mol. The molecule has 0 unspecified atom stereocenters. The maximum absolute atomic E-state index is 10.6. The van der Waals surface area contributed by atoms with Crippen LogP contribution < -0.4 is 5.73 Å². The first kappa shape index (κ1) is 12.9. The second kappa shape index (κ2) is 5.27. The van der Waals surface area contributed by atoms with Gasteiger partial charge in [-0.3, -0.25) is 10.1 Å². The number of nitro benzene ring substituents is 1. The molecule has 0 saturated heterocycles.